The Balaban J connectivity index is 1.67. The number of amides is 1. The standard InChI is InChI=1S/C24H26BrNO4S/c1-5-29-23(28)20-16-8-6-14(24(2,3)4)12-19(16)31-22(20)26-21(27)18-11-13-10-15(25)7-9-17(13)30-18/h7,9-11,14H,5-6,8,12H2,1-4H3,(H,26,27). The highest BCUT2D eigenvalue weighted by molar-refractivity contribution is 9.10. The van der Waals surface area contributed by atoms with Crippen molar-refractivity contribution in [3.63, 3.8) is 0 Å². The number of hydrogen-bond donors (Lipinski definition) is 1. The molecule has 1 aliphatic carbocycles. The number of anilines is 1. The Morgan fingerprint density at radius 2 is 2.06 bits per heavy atom. The van der Waals surface area contributed by atoms with Gasteiger partial charge < -0.3 is 14.5 Å². The van der Waals surface area contributed by atoms with Crippen molar-refractivity contribution in [2.75, 3.05) is 11.9 Å². The van der Waals surface area contributed by atoms with E-state index in [1.165, 1.54) is 11.3 Å². The molecule has 1 amide bonds. The van der Waals surface area contributed by atoms with Crippen LogP contribution in [0.5, 0.6) is 0 Å². The van der Waals surface area contributed by atoms with E-state index < -0.39 is 0 Å². The first-order valence-corrected chi connectivity index (χ1v) is 12.1. The molecule has 0 fully saturated rings. The van der Waals surface area contributed by atoms with E-state index in [0.29, 0.717) is 28.7 Å². The second kappa shape index (κ2) is 8.43. The molecule has 0 radical (unpaired) electrons. The molecule has 1 unspecified atom stereocenters. The summed E-state index contributed by atoms with van der Waals surface area (Å²) in [5.41, 5.74) is 2.35. The largest absolute Gasteiger partial charge is 0.462 e. The Kier molecular flexibility index (Phi) is 6.01. The Labute approximate surface area is 194 Å². The lowest BCUT2D eigenvalue weighted by Gasteiger charge is -2.33. The number of fused-ring (bicyclic) bond motifs is 2. The maximum absolute atomic E-state index is 13.0. The molecule has 2 aromatic heterocycles. The third kappa shape index (κ3) is 4.44. The summed E-state index contributed by atoms with van der Waals surface area (Å²) in [5.74, 6) is -0.00481. The van der Waals surface area contributed by atoms with Gasteiger partial charge in [0.15, 0.2) is 5.76 Å². The number of ether oxygens (including phenoxy) is 1. The minimum absolute atomic E-state index is 0.192. The normalized spacial score (nSPS) is 16.2. The molecule has 0 saturated heterocycles. The number of carbonyl (C=O) groups excluding carboxylic acids is 2. The van der Waals surface area contributed by atoms with Crippen molar-refractivity contribution in [1.82, 2.24) is 0 Å². The molecular weight excluding hydrogens is 478 g/mol. The summed E-state index contributed by atoms with van der Waals surface area (Å²) in [4.78, 5) is 26.9. The van der Waals surface area contributed by atoms with Crippen LogP contribution in [0.2, 0.25) is 0 Å². The highest BCUT2D eigenvalue weighted by Gasteiger charge is 2.34. The topological polar surface area (TPSA) is 68.5 Å². The van der Waals surface area contributed by atoms with Crippen LogP contribution in [-0.4, -0.2) is 18.5 Å². The van der Waals surface area contributed by atoms with Gasteiger partial charge in [-0.2, -0.15) is 0 Å². The van der Waals surface area contributed by atoms with Crippen LogP contribution in [0.15, 0.2) is 33.2 Å². The van der Waals surface area contributed by atoms with Crippen LogP contribution in [0.25, 0.3) is 11.0 Å². The molecule has 3 aromatic rings. The average Bonchev–Trinajstić information content (AvgIpc) is 3.27. The fraction of sp³-hybridized carbons (Fsp3) is 0.417. The molecule has 0 aliphatic heterocycles. The van der Waals surface area contributed by atoms with Gasteiger partial charge in [-0.25, -0.2) is 4.79 Å². The summed E-state index contributed by atoms with van der Waals surface area (Å²) >= 11 is 4.92. The Hall–Kier alpha value is -2.12. The number of esters is 1. The lowest BCUT2D eigenvalue weighted by atomic mass is 9.72. The highest BCUT2D eigenvalue weighted by Crippen LogP contribution is 2.44. The second-order valence-corrected chi connectivity index (χ2v) is 11.0. The molecule has 2 heterocycles. The summed E-state index contributed by atoms with van der Waals surface area (Å²) in [6.45, 7) is 8.85. The SMILES string of the molecule is CCOC(=O)c1c(NC(=O)c2cc3cc(Br)ccc3o2)sc2c1CCC(C(C)(C)C)C2. The van der Waals surface area contributed by atoms with Crippen molar-refractivity contribution in [3.05, 3.63) is 50.5 Å². The quantitative estimate of drug-likeness (QED) is 0.395. The fourth-order valence-corrected chi connectivity index (χ4v) is 5.81. The van der Waals surface area contributed by atoms with Gasteiger partial charge in [-0.3, -0.25) is 4.79 Å². The van der Waals surface area contributed by atoms with Gasteiger partial charge in [0.25, 0.3) is 5.91 Å². The van der Waals surface area contributed by atoms with Crippen molar-refractivity contribution in [2.45, 2.75) is 47.0 Å². The maximum Gasteiger partial charge on any atom is 0.341 e. The van der Waals surface area contributed by atoms with Gasteiger partial charge >= 0.3 is 5.97 Å². The highest BCUT2D eigenvalue weighted by atomic mass is 79.9. The van der Waals surface area contributed by atoms with Crippen LogP contribution < -0.4 is 5.32 Å². The predicted octanol–water partition coefficient (Wildman–Crippen LogP) is 6.84. The van der Waals surface area contributed by atoms with Crippen LogP contribution in [0.3, 0.4) is 0 Å². The van der Waals surface area contributed by atoms with Crippen LogP contribution in [-0.2, 0) is 17.6 Å². The van der Waals surface area contributed by atoms with Crippen molar-refractivity contribution in [2.24, 2.45) is 11.3 Å². The molecule has 4 rings (SSSR count). The number of halogens is 1. The minimum atomic E-state index is -0.377. The van der Waals surface area contributed by atoms with E-state index in [9.17, 15) is 9.59 Å². The molecule has 164 valence electrons. The van der Waals surface area contributed by atoms with Gasteiger partial charge in [-0.05, 0) is 67.3 Å². The lowest BCUT2D eigenvalue weighted by molar-refractivity contribution is 0.0526. The molecule has 7 heteroatoms. The molecular formula is C24H26BrNO4S. The first-order chi connectivity index (χ1) is 14.7. The molecule has 1 aliphatic rings. The van der Waals surface area contributed by atoms with E-state index >= 15 is 0 Å². The van der Waals surface area contributed by atoms with Gasteiger partial charge in [0.05, 0.1) is 12.2 Å². The minimum Gasteiger partial charge on any atom is -0.462 e. The molecule has 0 bridgehead atoms. The number of carbonyl (C=O) groups is 2. The molecule has 31 heavy (non-hydrogen) atoms. The fourth-order valence-electron chi connectivity index (χ4n) is 4.12. The molecule has 1 N–H and O–H groups in total. The monoisotopic (exact) mass is 503 g/mol. The van der Waals surface area contributed by atoms with E-state index in [4.69, 9.17) is 9.15 Å². The summed E-state index contributed by atoms with van der Waals surface area (Å²) < 4.78 is 12.0. The molecule has 1 aromatic carbocycles. The third-order valence-corrected chi connectivity index (χ3v) is 7.56. The molecule has 0 spiro atoms. The van der Waals surface area contributed by atoms with Crippen LogP contribution in [0.4, 0.5) is 5.00 Å². The maximum atomic E-state index is 13.0. The van der Waals surface area contributed by atoms with Gasteiger partial charge in [-0.15, -0.1) is 11.3 Å². The summed E-state index contributed by atoms with van der Waals surface area (Å²) in [7, 11) is 0. The van der Waals surface area contributed by atoms with Crippen molar-refractivity contribution in [3.8, 4) is 0 Å². The number of rotatable bonds is 4. The number of nitrogens with one attached hydrogen (secondary N) is 1. The van der Waals surface area contributed by atoms with Gasteiger partial charge in [-0.1, -0.05) is 36.7 Å². The lowest BCUT2D eigenvalue weighted by Crippen LogP contribution is -2.26. The first-order valence-electron chi connectivity index (χ1n) is 10.5. The van der Waals surface area contributed by atoms with Crippen molar-refractivity contribution >= 4 is 55.1 Å². The Morgan fingerprint density at radius 1 is 1.29 bits per heavy atom. The van der Waals surface area contributed by atoms with Crippen molar-refractivity contribution in [1.29, 1.82) is 0 Å². The number of hydrogen-bond acceptors (Lipinski definition) is 5. The van der Waals surface area contributed by atoms with Gasteiger partial charge in [0, 0.05) is 14.7 Å². The Bertz CT molecular complexity index is 1150. The van der Waals surface area contributed by atoms with Crippen LogP contribution in [0.1, 0.15) is 65.5 Å². The molecule has 1 atom stereocenters. The van der Waals surface area contributed by atoms with Crippen LogP contribution in [0, 0.1) is 11.3 Å². The molecule has 5 nitrogen and oxygen atoms in total. The Morgan fingerprint density at radius 3 is 2.77 bits per heavy atom. The van der Waals surface area contributed by atoms with E-state index in [2.05, 4.69) is 42.0 Å². The van der Waals surface area contributed by atoms with E-state index in [1.54, 1.807) is 13.0 Å². The number of furan rings is 1. The summed E-state index contributed by atoms with van der Waals surface area (Å²) in [6, 6.07) is 7.29. The molecule has 0 saturated carbocycles. The van der Waals surface area contributed by atoms with Gasteiger partial charge in [0.2, 0.25) is 0 Å². The number of benzene rings is 1. The van der Waals surface area contributed by atoms with E-state index in [0.717, 1.165) is 39.6 Å². The van der Waals surface area contributed by atoms with Crippen LogP contribution >= 0.6 is 27.3 Å². The smallest absolute Gasteiger partial charge is 0.341 e. The zero-order valence-electron chi connectivity index (χ0n) is 18.1. The predicted molar refractivity (Wildman–Crippen MR) is 127 cm³/mol. The average molecular weight is 504 g/mol. The van der Waals surface area contributed by atoms with Gasteiger partial charge in [0.1, 0.15) is 10.6 Å². The summed E-state index contributed by atoms with van der Waals surface area (Å²) in [5, 5.41) is 4.31. The second-order valence-electron chi connectivity index (χ2n) is 8.98. The zero-order chi connectivity index (χ0) is 22.3. The summed E-state index contributed by atoms with van der Waals surface area (Å²) in [6.07, 6.45) is 2.74. The first kappa shape index (κ1) is 22.1. The zero-order valence-corrected chi connectivity index (χ0v) is 20.5. The number of thiophene rings is 1. The van der Waals surface area contributed by atoms with Crippen molar-refractivity contribution < 1.29 is 18.7 Å². The third-order valence-electron chi connectivity index (χ3n) is 5.90. The van der Waals surface area contributed by atoms with E-state index in [1.807, 2.05) is 18.2 Å². The van der Waals surface area contributed by atoms with E-state index in [-0.39, 0.29) is 23.1 Å².